The molecule has 0 aliphatic heterocycles. The van der Waals surface area contributed by atoms with Crippen LogP contribution >= 0.6 is 0 Å². The highest BCUT2D eigenvalue weighted by Gasteiger charge is 2.25. The number of hydrogen-bond donors (Lipinski definition) is 0. The summed E-state index contributed by atoms with van der Waals surface area (Å²) in [6, 6.07) is 1.03. The number of carbonyl (C=O) groups excluding carboxylic acids is 1. The van der Waals surface area contributed by atoms with Gasteiger partial charge in [0.05, 0.1) is 5.56 Å². The zero-order valence-corrected chi connectivity index (χ0v) is 7.61. The molecule has 0 spiro atoms. The van der Waals surface area contributed by atoms with Crippen molar-refractivity contribution >= 4 is 12.1 Å². The molecule has 0 fully saturated rings. The Morgan fingerprint density at radius 3 is 2.60 bits per heavy atom. The normalized spacial score (nSPS) is 10.4. The molecule has 1 heterocycles. The Hall–Kier alpha value is -1.92. The molecule has 0 aromatic carbocycles. The van der Waals surface area contributed by atoms with Crippen LogP contribution in [0.25, 0.3) is 0 Å². The number of halogens is 2. The van der Waals surface area contributed by atoms with E-state index in [1.54, 1.807) is 0 Å². The number of nitro groups is 1. The molecule has 0 unspecified atom stereocenters. The van der Waals surface area contributed by atoms with Crippen molar-refractivity contribution in [2.24, 2.45) is 0 Å². The first kappa shape index (κ1) is 11.2. The number of carbonyl (C=O) groups is 1. The molecule has 7 heteroatoms. The van der Waals surface area contributed by atoms with Crippen LogP contribution < -0.4 is 0 Å². The molecule has 0 saturated carbocycles. The van der Waals surface area contributed by atoms with E-state index in [9.17, 15) is 23.7 Å². The average Bonchev–Trinajstić information content (AvgIpc) is 2.16. The van der Waals surface area contributed by atoms with E-state index >= 15 is 0 Å². The lowest BCUT2D eigenvalue weighted by Crippen LogP contribution is -2.04. The van der Waals surface area contributed by atoms with Crippen molar-refractivity contribution in [2.45, 2.75) is 13.3 Å². The molecular formula is C8H6F2N2O3. The van der Waals surface area contributed by atoms with Gasteiger partial charge in [-0.2, -0.15) is 0 Å². The quantitative estimate of drug-likeness (QED) is 0.440. The number of aryl methyl sites for hydroxylation is 1. The number of alkyl halides is 2. The summed E-state index contributed by atoms with van der Waals surface area (Å²) in [5.74, 6) is -0.657. The van der Waals surface area contributed by atoms with Gasteiger partial charge in [-0.25, -0.2) is 8.78 Å². The standard InChI is InChI=1S/C8H6F2N2O3/c1-4-2-5(3-13)6(7(9)10)11-8(4)12(14)15/h2-3,7H,1H3. The van der Waals surface area contributed by atoms with Gasteiger partial charge in [-0.3, -0.25) is 4.79 Å². The topological polar surface area (TPSA) is 73.1 Å². The molecule has 0 aliphatic rings. The van der Waals surface area contributed by atoms with Crippen molar-refractivity contribution < 1.29 is 18.5 Å². The van der Waals surface area contributed by atoms with Crippen LogP contribution in [0.3, 0.4) is 0 Å². The van der Waals surface area contributed by atoms with Gasteiger partial charge in [0.15, 0.2) is 6.29 Å². The largest absolute Gasteiger partial charge is 0.366 e. The van der Waals surface area contributed by atoms with Gasteiger partial charge < -0.3 is 10.1 Å². The molecule has 0 aliphatic carbocycles. The summed E-state index contributed by atoms with van der Waals surface area (Å²) < 4.78 is 24.7. The van der Waals surface area contributed by atoms with Crippen LogP contribution in [0.5, 0.6) is 0 Å². The van der Waals surface area contributed by atoms with Crippen LogP contribution in [0.15, 0.2) is 6.07 Å². The first-order valence-corrected chi connectivity index (χ1v) is 3.86. The lowest BCUT2D eigenvalue weighted by Gasteiger charge is -2.01. The lowest BCUT2D eigenvalue weighted by atomic mass is 10.1. The van der Waals surface area contributed by atoms with E-state index in [0.29, 0.717) is 0 Å². The van der Waals surface area contributed by atoms with E-state index in [-0.39, 0.29) is 17.4 Å². The smallest absolute Gasteiger partial charge is 0.358 e. The van der Waals surface area contributed by atoms with Crippen molar-refractivity contribution in [3.8, 4) is 0 Å². The Bertz CT molecular complexity index is 421. The third-order valence-electron chi connectivity index (χ3n) is 1.75. The summed E-state index contributed by atoms with van der Waals surface area (Å²) in [5.41, 5.74) is -1.11. The zero-order valence-electron chi connectivity index (χ0n) is 7.61. The fraction of sp³-hybridized carbons (Fsp3) is 0.250. The molecular weight excluding hydrogens is 210 g/mol. The molecule has 0 bridgehead atoms. The number of rotatable bonds is 3. The maximum Gasteiger partial charge on any atom is 0.366 e. The van der Waals surface area contributed by atoms with E-state index in [1.165, 1.54) is 6.92 Å². The molecule has 0 N–H and O–H groups in total. The summed E-state index contributed by atoms with van der Waals surface area (Å²) in [6.07, 6.45) is -2.81. The predicted octanol–water partition coefficient (Wildman–Crippen LogP) is 2.05. The molecule has 5 nitrogen and oxygen atoms in total. The van der Waals surface area contributed by atoms with E-state index in [1.807, 2.05) is 0 Å². The van der Waals surface area contributed by atoms with Crippen LogP contribution in [0.1, 0.15) is 28.0 Å². The Balaban J connectivity index is 3.43. The number of nitrogens with zero attached hydrogens (tertiary/aromatic N) is 2. The first-order valence-electron chi connectivity index (χ1n) is 3.86. The van der Waals surface area contributed by atoms with Crippen molar-refractivity contribution in [2.75, 3.05) is 0 Å². The Morgan fingerprint density at radius 1 is 1.60 bits per heavy atom. The summed E-state index contributed by atoms with van der Waals surface area (Å²) in [5, 5.41) is 10.4. The van der Waals surface area contributed by atoms with E-state index < -0.39 is 22.9 Å². The lowest BCUT2D eigenvalue weighted by molar-refractivity contribution is -0.390. The fourth-order valence-electron chi connectivity index (χ4n) is 1.09. The van der Waals surface area contributed by atoms with Crippen LogP contribution in [0, 0.1) is 17.0 Å². The summed E-state index contributed by atoms with van der Waals surface area (Å²) in [4.78, 5) is 23.1. The summed E-state index contributed by atoms with van der Waals surface area (Å²) in [7, 11) is 0. The predicted molar refractivity (Wildman–Crippen MR) is 46.0 cm³/mol. The minimum atomic E-state index is -3.01. The maximum absolute atomic E-state index is 12.3. The second kappa shape index (κ2) is 4.07. The zero-order chi connectivity index (χ0) is 11.6. The molecule has 80 valence electrons. The van der Waals surface area contributed by atoms with E-state index in [2.05, 4.69) is 4.98 Å². The van der Waals surface area contributed by atoms with E-state index in [0.717, 1.165) is 6.07 Å². The van der Waals surface area contributed by atoms with Gasteiger partial charge in [0.25, 0.3) is 0 Å². The van der Waals surface area contributed by atoms with Gasteiger partial charge in [0.1, 0.15) is 0 Å². The SMILES string of the molecule is Cc1cc(C=O)c(C(F)F)nc1[N+](=O)[O-]. The molecule has 15 heavy (non-hydrogen) atoms. The van der Waals surface area contributed by atoms with Crippen molar-refractivity contribution in [3.63, 3.8) is 0 Å². The van der Waals surface area contributed by atoms with Gasteiger partial charge in [0.2, 0.25) is 5.69 Å². The molecule has 0 saturated heterocycles. The first-order chi connectivity index (χ1) is 6.97. The molecule has 0 atom stereocenters. The maximum atomic E-state index is 12.3. The number of hydrogen-bond acceptors (Lipinski definition) is 4. The van der Waals surface area contributed by atoms with E-state index in [4.69, 9.17) is 0 Å². The highest BCUT2D eigenvalue weighted by molar-refractivity contribution is 5.77. The van der Waals surface area contributed by atoms with Crippen molar-refractivity contribution in [3.05, 3.63) is 33.0 Å². The Kier molecular flexibility index (Phi) is 3.03. The molecule has 1 rings (SSSR count). The van der Waals surface area contributed by atoms with Crippen LogP contribution in [0.2, 0.25) is 0 Å². The molecule has 1 aromatic heterocycles. The van der Waals surface area contributed by atoms with Gasteiger partial charge in [0, 0.05) is 5.56 Å². The fourth-order valence-corrected chi connectivity index (χ4v) is 1.09. The highest BCUT2D eigenvalue weighted by Crippen LogP contribution is 2.25. The monoisotopic (exact) mass is 216 g/mol. The van der Waals surface area contributed by atoms with Crippen LogP contribution in [-0.2, 0) is 0 Å². The van der Waals surface area contributed by atoms with Crippen LogP contribution in [-0.4, -0.2) is 16.2 Å². The molecule has 1 aromatic rings. The van der Waals surface area contributed by atoms with Gasteiger partial charge >= 0.3 is 12.2 Å². The minimum Gasteiger partial charge on any atom is -0.358 e. The van der Waals surface area contributed by atoms with Crippen LogP contribution in [0.4, 0.5) is 14.6 Å². The third kappa shape index (κ3) is 2.12. The Labute approximate surface area is 82.9 Å². The number of pyridine rings is 1. The summed E-state index contributed by atoms with van der Waals surface area (Å²) >= 11 is 0. The Morgan fingerprint density at radius 2 is 2.20 bits per heavy atom. The molecule has 0 radical (unpaired) electrons. The van der Waals surface area contributed by atoms with Gasteiger partial charge in [-0.15, -0.1) is 0 Å². The van der Waals surface area contributed by atoms with Crippen molar-refractivity contribution in [1.29, 1.82) is 0 Å². The second-order valence-corrected chi connectivity index (χ2v) is 2.78. The number of aromatic nitrogens is 1. The molecule has 0 amide bonds. The second-order valence-electron chi connectivity index (χ2n) is 2.78. The van der Waals surface area contributed by atoms with Gasteiger partial charge in [-0.05, 0) is 22.9 Å². The van der Waals surface area contributed by atoms with Crippen molar-refractivity contribution in [1.82, 2.24) is 4.98 Å². The van der Waals surface area contributed by atoms with Gasteiger partial charge in [-0.1, -0.05) is 0 Å². The number of aldehydes is 1. The minimum absolute atomic E-state index is 0.0755. The average molecular weight is 216 g/mol. The highest BCUT2D eigenvalue weighted by atomic mass is 19.3. The third-order valence-corrected chi connectivity index (χ3v) is 1.75. The summed E-state index contributed by atoms with van der Waals surface area (Å²) in [6.45, 7) is 1.33.